The van der Waals surface area contributed by atoms with Crippen LogP contribution in [0.3, 0.4) is 0 Å². The molecule has 6 nitrogen and oxygen atoms in total. The number of amides is 1. The van der Waals surface area contributed by atoms with Gasteiger partial charge in [-0.1, -0.05) is 24.3 Å². The Labute approximate surface area is 165 Å². The van der Waals surface area contributed by atoms with Gasteiger partial charge in [0.15, 0.2) is 0 Å². The number of methoxy groups -OCH3 is 1. The smallest absolute Gasteiger partial charge is 0.240 e. The Morgan fingerprint density at radius 2 is 1.93 bits per heavy atom. The van der Waals surface area contributed by atoms with Crippen LogP contribution in [0.25, 0.3) is 11.0 Å². The van der Waals surface area contributed by atoms with Crippen LogP contribution in [0.4, 0.5) is 0 Å². The van der Waals surface area contributed by atoms with Crippen molar-refractivity contribution < 1.29 is 14.3 Å². The predicted molar refractivity (Wildman–Crippen MR) is 110 cm³/mol. The molecule has 0 bridgehead atoms. The summed E-state index contributed by atoms with van der Waals surface area (Å²) < 4.78 is 12.5. The van der Waals surface area contributed by atoms with E-state index in [0.717, 1.165) is 34.6 Å². The van der Waals surface area contributed by atoms with Crippen molar-refractivity contribution in [1.29, 1.82) is 0 Å². The average molecular weight is 381 g/mol. The lowest BCUT2D eigenvalue weighted by molar-refractivity contribution is -0.121. The maximum absolute atomic E-state index is 12.5. The van der Waals surface area contributed by atoms with Crippen LogP contribution >= 0.6 is 0 Å². The summed E-state index contributed by atoms with van der Waals surface area (Å²) in [6.45, 7) is 4.18. The summed E-state index contributed by atoms with van der Waals surface area (Å²) in [6.07, 6.45) is 1.46. The van der Waals surface area contributed by atoms with Crippen molar-refractivity contribution in [2.24, 2.45) is 0 Å². The highest BCUT2D eigenvalue weighted by atomic mass is 16.5. The summed E-state index contributed by atoms with van der Waals surface area (Å²) in [4.78, 5) is 17.2. The third-order valence-corrected chi connectivity index (χ3v) is 4.55. The van der Waals surface area contributed by atoms with E-state index in [9.17, 15) is 4.79 Å². The van der Waals surface area contributed by atoms with Crippen LogP contribution in [0.15, 0.2) is 48.5 Å². The molecule has 0 saturated heterocycles. The molecule has 1 amide bonds. The van der Waals surface area contributed by atoms with E-state index in [4.69, 9.17) is 14.5 Å². The molecular weight excluding hydrogens is 354 g/mol. The van der Waals surface area contributed by atoms with Gasteiger partial charge in [-0.05, 0) is 43.2 Å². The second-order valence-electron chi connectivity index (χ2n) is 6.53. The molecule has 1 aromatic heterocycles. The van der Waals surface area contributed by atoms with Crippen LogP contribution < -0.4 is 10.1 Å². The lowest BCUT2D eigenvalue weighted by Gasteiger charge is -2.10. The summed E-state index contributed by atoms with van der Waals surface area (Å²) in [6, 6.07) is 15.8. The number of nitrogens with zero attached hydrogens (tertiary/aromatic N) is 2. The number of fused-ring (bicyclic) bond motifs is 1. The molecule has 0 fully saturated rings. The number of carbonyl (C=O) groups excluding carboxylic acids is 1. The molecule has 0 aliphatic rings. The summed E-state index contributed by atoms with van der Waals surface area (Å²) in [5.74, 6) is 1.68. The second-order valence-corrected chi connectivity index (χ2v) is 6.53. The van der Waals surface area contributed by atoms with Gasteiger partial charge in [-0.2, -0.15) is 0 Å². The van der Waals surface area contributed by atoms with E-state index in [-0.39, 0.29) is 12.5 Å². The molecule has 3 aromatic rings. The first-order valence-electron chi connectivity index (χ1n) is 9.62. The Hall–Kier alpha value is -2.86. The van der Waals surface area contributed by atoms with Crippen molar-refractivity contribution >= 4 is 16.9 Å². The van der Waals surface area contributed by atoms with Crippen molar-refractivity contribution in [1.82, 2.24) is 14.9 Å². The number of carbonyl (C=O) groups is 1. The number of aromatic nitrogens is 2. The Morgan fingerprint density at radius 1 is 1.14 bits per heavy atom. The van der Waals surface area contributed by atoms with E-state index >= 15 is 0 Å². The molecule has 6 heteroatoms. The van der Waals surface area contributed by atoms with E-state index in [1.165, 1.54) is 0 Å². The zero-order valence-electron chi connectivity index (χ0n) is 16.5. The van der Waals surface area contributed by atoms with Crippen molar-refractivity contribution in [2.45, 2.75) is 26.3 Å². The quantitative estimate of drug-likeness (QED) is 0.548. The molecule has 1 N–H and O–H groups in total. The van der Waals surface area contributed by atoms with Crippen LogP contribution in [-0.2, 0) is 22.5 Å². The molecule has 0 saturated carbocycles. The van der Waals surface area contributed by atoms with Crippen molar-refractivity contribution in [3.05, 3.63) is 59.9 Å². The molecule has 0 aliphatic heterocycles. The molecule has 0 radical (unpaired) electrons. The van der Waals surface area contributed by atoms with E-state index < -0.39 is 0 Å². The lowest BCUT2D eigenvalue weighted by Crippen LogP contribution is -2.29. The molecule has 28 heavy (non-hydrogen) atoms. The highest BCUT2D eigenvalue weighted by Crippen LogP contribution is 2.20. The van der Waals surface area contributed by atoms with Gasteiger partial charge in [-0.25, -0.2) is 4.98 Å². The maximum Gasteiger partial charge on any atom is 0.240 e. The molecule has 2 aromatic carbocycles. The normalized spacial score (nSPS) is 10.9. The number of hydrogen-bond donors (Lipinski definition) is 1. The number of imidazole rings is 1. The molecule has 0 unspecified atom stereocenters. The van der Waals surface area contributed by atoms with Gasteiger partial charge in [-0.15, -0.1) is 0 Å². The Kier molecular flexibility index (Phi) is 7.03. The monoisotopic (exact) mass is 381 g/mol. The molecule has 0 aliphatic carbocycles. The second kappa shape index (κ2) is 9.90. The van der Waals surface area contributed by atoms with Gasteiger partial charge in [0.2, 0.25) is 5.91 Å². The average Bonchev–Trinajstić information content (AvgIpc) is 3.05. The summed E-state index contributed by atoms with van der Waals surface area (Å²) in [5.41, 5.74) is 2.99. The lowest BCUT2D eigenvalue weighted by atomic mass is 10.1. The molecule has 3 rings (SSSR count). The summed E-state index contributed by atoms with van der Waals surface area (Å²) >= 11 is 0. The van der Waals surface area contributed by atoms with Crippen LogP contribution in [0.5, 0.6) is 5.75 Å². The number of para-hydroxylation sites is 2. The predicted octanol–water partition coefficient (Wildman–Crippen LogP) is 3.18. The minimum Gasteiger partial charge on any atom is -0.497 e. The van der Waals surface area contributed by atoms with Crippen molar-refractivity contribution in [3.63, 3.8) is 0 Å². The van der Waals surface area contributed by atoms with Gasteiger partial charge in [-0.3, -0.25) is 4.79 Å². The number of benzene rings is 2. The Balaban J connectivity index is 1.74. The molecule has 148 valence electrons. The van der Waals surface area contributed by atoms with Gasteiger partial charge in [0, 0.05) is 26.2 Å². The minimum absolute atomic E-state index is 0.0179. The number of nitrogens with one attached hydrogen (secondary N) is 1. The van der Waals surface area contributed by atoms with Gasteiger partial charge in [0.05, 0.1) is 18.1 Å². The van der Waals surface area contributed by atoms with Gasteiger partial charge < -0.3 is 19.4 Å². The minimum atomic E-state index is -0.0179. The fraction of sp³-hybridized carbons (Fsp3) is 0.364. The molecular formula is C22H27N3O3. The van der Waals surface area contributed by atoms with Gasteiger partial charge >= 0.3 is 0 Å². The zero-order valence-corrected chi connectivity index (χ0v) is 16.5. The van der Waals surface area contributed by atoms with Crippen LogP contribution in [0, 0.1) is 0 Å². The van der Waals surface area contributed by atoms with E-state index in [1.807, 2.05) is 60.0 Å². The Morgan fingerprint density at radius 3 is 2.68 bits per heavy atom. The van der Waals surface area contributed by atoms with Gasteiger partial charge in [0.1, 0.15) is 18.1 Å². The van der Waals surface area contributed by atoms with Gasteiger partial charge in [0.25, 0.3) is 0 Å². The largest absolute Gasteiger partial charge is 0.497 e. The third-order valence-electron chi connectivity index (χ3n) is 4.55. The van der Waals surface area contributed by atoms with Crippen LogP contribution in [0.2, 0.25) is 0 Å². The molecule has 0 spiro atoms. The number of rotatable bonds is 10. The SMILES string of the molecule is CCOCCCNC(=O)Cn1c(Cc2ccc(OC)cc2)nc2ccccc21. The standard InChI is InChI=1S/C22H27N3O3/c1-3-28-14-6-13-23-22(26)16-25-20-8-5-4-7-19(20)24-21(25)15-17-9-11-18(27-2)12-10-17/h4-5,7-12H,3,6,13-16H2,1-2H3,(H,23,26). The third kappa shape index (κ3) is 5.10. The topological polar surface area (TPSA) is 65.4 Å². The number of hydrogen-bond acceptors (Lipinski definition) is 4. The fourth-order valence-electron chi connectivity index (χ4n) is 3.11. The zero-order chi connectivity index (χ0) is 19.8. The highest BCUT2D eigenvalue weighted by Gasteiger charge is 2.14. The Bertz CT molecular complexity index is 903. The molecule has 0 atom stereocenters. The fourth-order valence-corrected chi connectivity index (χ4v) is 3.11. The van der Waals surface area contributed by atoms with Crippen LogP contribution in [0.1, 0.15) is 24.7 Å². The maximum atomic E-state index is 12.5. The summed E-state index contributed by atoms with van der Waals surface area (Å²) in [7, 11) is 1.65. The molecule has 1 heterocycles. The number of ether oxygens (including phenoxy) is 2. The first kappa shape index (κ1) is 19.9. The van der Waals surface area contributed by atoms with Crippen LogP contribution in [-0.4, -0.2) is 42.3 Å². The van der Waals surface area contributed by atoms with E-state index in [2.05, 4.69) is 5.32 Å². The first-order chi connectivity index (χ1) is 13.7. The van der Waals surface area contributed by atoms with Crippen molar-refractivity contribution in [3.8, 4) is 5.75 Å². The van der Waals surface area contributed by atoms with E-state index in [0.29, 0.717) is 26.2 Å². The van der Waals surface area contributed by atoms with Crippen molar-refractivity contribution in [2.75, 3.05) is 26.9 Å². The first-order valence-corrected chi connectivity index (χ1v) is 9.62. The summed E-state index contributed by atoms with van der Waals surface area (Å²) in [5, 5.41) is 2.97. The van der Waals surface area contributed by atoms with E-state index in [1.54, 1.807) is 7.11 Å². The highest BCUT2D eigenvalue weighted by molar-refractivity contribution is 5.81.